The first-order valence-electron chi connectivity index (χ1n) is 3.20. The van der Waals surface area contributed by atoms with Crippen LogP contribution < -0.4 is 5.73 Å². The monoisotopic (exact) mass is 203 g/mol. The van der Waals surface area contributed by atoms with Gasteiger partial charge in [0.1, 0.15) is 11.0 Å². The molecule has 0 saturated carbocycles. The molecule has 0 aliphatic carbocycles. The SMILES string of the molecule is N#Cc1cc(Cl)nc(N)c1C(F)F. The second kappa shape index (κ2) is 3.54. The number of nitrogens with zero attached hydrogens (tertiary/aromatic N) is 2. The smallest absolute Gasteiger partial charge is 0.268 e. The molecule has 13 heavy (non-hydrogen) atoms. The lowest BCUT2D eigenvalue weighted by molar-refractivity contribution is 0.151. The molecule has 0 fully saturated rings. The molecule has 2 N–H and O–H groups in total. The van der Waals surface area contributed by atoms with Crippen molar-refractivity contribution in [3.8, 4) is 6.07 Å². The van der Waals surface area contributed by atoms with Gasteiger partial charge in [0.25, 0.3) is 6.43 Å². The summed E-state index contributed by atoms with van der Waals surface area (Å²) in [6.07, 6.45) is -2.82. The Morgan fingerprint density at radius 1 is 1.62 bits per heavy atom. The van der Waals surface area contributed by atoms with E-state index in [4.69, 9.17) is 22.6 Å². The average Bonchev–Trinajstić information content (AvgIpc) is 2.01. The Hall–Kier alpha value is -1.41. The molecule has 0 radical (unpaired) electrons. The third kappa shape index (κ3) is 1.84. The molecule has 1 rings (SSSR count). The summed E-state index contributed by atoms with van der Waals surface area (Å²) in [5, 5.41) is 8.42. The Balaban J connectivity index is 3.41. The molecule has 0 aromatic carbocycles. The van der Waals surface area contributed by atoms with Crippen LogP contribution in [0.5, 0.6) is 0 Å². The highest BCUT2D eigenvalue weighted by Crippen LogP contribution is 2.28. The first-order chi connectivity index (χ1) is 6.06. The highest BCUT2D eigenvalue weighted by molar-refractivity contribution is 6.29. The van der Waals surface area contributed by atoms with Gasteiger partial charge in [-0.25, -0.2) is 13.8 Å². The number of hydrogen-bond acceptors (Lipinski definition) is 3. The van der Waals surface area contributed by atoms with Crippen LogP contribution in [0.3, 0.4) is 0 Å². The minimum absolute atomic E-state index is 0.0709. The first kappa shape index (κ1) is 9.68. The van der Waals surface area contributed by atoms with Crippen LogP contribution in [0.2, 0.25) is 5.15 Å². The van der Waals surface area contributed by atoms with Gasteiger partial charge in [0.15, 0.2) is 0 Å². The Bertz CT molecular complexity index is 373. The number of rotatable bonds is 1. The molecule has 6 heteroatoms. The summed E-state index contributed by atoms with van der Waals surface area (Å²) in [5.74, 6) is -0.404. The van der Waals surface area contributed by atoms with E-state index in [0.29, 0.717) is 0 Å². The zero-order valence-corrected chi connectivity index (χ0v) is 7.02. The van der Waals surface area contributed by atoms with E-state index < -0.39 is 17.8 Å². The number of aromatic nitrogens is 1. The quantitative estimate of drug-likeness (QED) is 0.711. The molecular weight excluding hydrogens is 200 g/mol. The molecule has 0 amide bonds. The molecule has 0 bridgehead atoms. The average molecular weight is 204 g/mol. The topological polar surface area (TPSA) is 62.7 Å². The van der Waals surface area contributed by atoms with E-state index in [1.807, 2.05) is 0 Å². The van der Waals surface area contributed by atoms with Crippen molar-refractivity contribution >= 4 is 17.4 Å². The molecule has 0 unspecified atom stereocenters. The number of nitrogens with two attached hydrogens (primary N) is 1. The lowest BCUT2D eigenvalue weighted by atomic mass is 10.1. The lowest BCUT2D eigenvalue weighted by Crippen LogP contribution is -2.01. The van der Waals surface area contributed by atoms with Gasteiger partial charge in [-0.1, -0.05) is 11.6 Å². The van der Waals surface area contributed by atoms with E-state index in [-0.39, 0.29) is 10.7 Å². The summed E-state index contributed by atoms with van der Waals surface area (Å²) in [6, 6.07) is 2.63. The van der Waals surface area contributed by atoms with E-state index >= 15 is 0 Å². The van der Waals surface area contributed by atoms with Crippen LogP contribution >= 0.6 is 11.6 Å². The zero-order chi connectivity index (χ0) is 10.0. The van der Waals surface area contributed by atoms with E-state index in [1.165, 1.54) is 0 Å². The van der Waals surface area contributed by atoms with Crippen LogP contribution in [0.1, 0.15) is 17.6 Å². The summed E-state index contributed by atoms with van der Waals surface area (Å²) in [4.78, 5) is 3.42. The second-order valence-electron chi connectivity index (χ2n) is 2.20. The standard InChI is InChI=1S/C7H4ClF2N3/c8-4-1-3(2-11)5(6(9)10)7(12)13-4/h1,6H,(H2,12,13). The maximum Gasteiger partial charge on any atom is 0.268 e. The molecular formula is C7H4ClF2N3. The summed E-state index contributed by atoms with van der Waals surface area (Å²) in [7, 11) is 0. The Morgan fingerprint density at radius 2 is 2.23 bits per heavy atom. The van der Waals surface area contributed by atoms with E-state index in [9.17, 15) is 8.78 Å². The molecule has 0 spiro atoms. The summed E-state index contributed by atoms with van der Waals surface area (Å²) in [5.41, 5.74) is 4.37. The van der Waals surface area contributed by atoms with Crippen molar-refractivity contribution in [3.63, 3.8) is 0 Å². The van der Waals surface area contributed by atoms with Gasteiger partial charge in [0.05, 0.1) is 17.2 Å². The van der Waals surface area contributed by atoms with Crippen molar-refractivity contribution in [3.05, 3.63) is 22.3 Å². The maximum atomic E-state index is 12.3. The molecule has 1 heterocycles. The molecule has 0 saturated heterocycles. The molecule has 3 nitrogen and oxygen atoms in total. The van der Waals surface area contributed by atoms with Crippen molar-refractivity contribution in [2.24, 2.45) is 0 Å². The first-order valence-corrected chi connectivity index (χ1v) is 3.58. The van der Waals surface area contributed by atoms with Gasteiger partial charge in [-0.2, -0.15) is 5.26 Å². The summed E-state index contributed by atoms with van der Waals surface area (Å²) >= 11 is 5.42. The lowest BCUT2D eigenvalue weighted by Gasteiger charge is -2.05. The normalized spacial score (nSPS) is 10.1. The number of hydrogen-bond donors (Lipinski definition) is 1. The van der Waals surface area contributed by atoms with Gasteiger partial charge in [-0.15, -0.1) is 0 Å². The predicted molar refractivity (Wildman–Crippen MR) is 43.3 cm³/mol. The van der Waals surface area contributed by atoms with Gasteiger partial charge < -0.3 is 5.73 Å². The fraction of sp³-hybridized carbons (Fsp3) is 0.143. The predicted octanol–water partition coefficient (Wildman–Crippen LogP) is 2.13. The van der Waals surface area contributed by atoms with Gasteiger partial charge in [-0.05, 0) is 6.07 Å². The van der Waals surface area contributed by atoms with Crippen molar-refractivity contribution in [1.82, 2.24) is 4.98 Å². The number of pyridine rings is 1. The van der Waals surface area contributed by atoms with E-state index in [0.717, 1.165) is 6.07 Å². The highest BCUT2D eigenvalue weighted by atomic mass is 35.5. The minimum Gasteiger partial charge on any atom is -0.383 e. The van der Waals surface area contributed by atoms with Gasteiger partial charge in [-0.3, -0.25) is 0 Å². The fourth-order valence-corrected chi connectivity index (χ4v) is 1.06. The molecule has 68 valence electrons. The fourth-order valence-electron chi connectivity index (χ4n) is 0.864. The third-order valence-corrected chi connectivity index (χ3v) is 1.59. The number of halogens is 3. The number of nitriles is 1. The molecule has 0 aliphatic heterocycles. The highest BCUT2D eigenvalue weighted by Gasteiger charge is 2.18. The number of nitrogen functional groups attached to an aromatic ring is 1. The van der Waals surface area contributed by atoms with Crippen LogP contribution in [0, 0.1) is 11.3 Å². The van der Waals surface area contributed by atoms with Gasteiger partial charge >= 0.3 is 0 Å². The zero-order valence-electron chi connectivity index (χ0n) is 6.26. The maximum absolute atomic E-state index is 12.3. The van der Waals surface area contributed by atoms with Crippen LogP contribution in [0.25, 0.3) is 0 Å². The summed E-state index contributed by atoms with van der Waals surface area (Å²) in [6.45, 7) is 0. The van der Waals surface area contributed by atoms with Crippen molar-refractivity contribution in [2.45, 2.75) is 6.43 Å². The van der Waals surface area contributed by atoms with Crippen LogP contribution in [-0.4, -0.2) is 4.98 Å². The molecule has 0 aliphatic rings. The largest absolute Gasteiger partial charge is 0.383 e. The van der Waals surface area contributed by atoms with Crippen LogP contribution in [-0.2, 0) is 0 Å². The Kier molecular flexibility index (Phi) is 2.63. The van der Waals surface area contributed by atoms with Gasteiger partial charge in [0.2, 0.25) is 0 Å². The van der Waals surface area contributed by atoms with Crippen molar-refractivity contribution < 1.29 is 8.78 Å². The van der Waals surface area contributed by atoms with Crippen LogP contribution in [0.15, 0.2) is 6.07 Å². The minimum atomic E-state index is -2.82. The molecule has 1 aromatic heterocycles. The Labute approximate surface area is 77.7 Å². The summed E-state index contributed by atoms with van der Waals surface area (Å²) < 4.78 is 24.6. The number of alkyl halides is 2. The second-order valence-corrected chi connectivity index (χ2v) is 2.59. The van der Waals surface area contributed by atoms with Gasteiger partial charge in [0, 0.05) is 0 Å². The molecule has 1 aromatic rings. The van der Waals surface area contributed by atoms with Crippen molar-refractivity contribution in [1.29, 1.82) is 5.26 Å². The van der Waals surface area contributed by atoms with E-state index in [1.54, 1.807) is 6.07 Å². The number of anilines is 1. The van der Waals surface area contributed by atoms with Crippen molar-refractivity contribution in [2.75, 3.05) is 5.73 Å². The Morgan fingerprint density at radius 3 is 2.69 bits per heavy atom. The third-order valence-electron chi connectivity index (χ3n) is 1.40. The van der Waals surface area contributed by atoms with E-state index in [2.05, 4.69) is 4.98 Å². The molecule has 0 atom stereocenters. The van der Waals surface area contributed by atoms with Crippen LogP contribution in [0.4, 0.5) is 14.6 Å².